The second-order valence-electron chi connectivity index (χ2n) is 6.03. The van der Waals surface area contributed by atoms with Crippen LogP contribution in [0, 0.1) is 13.8 Å². The number of aryl methyl sites for hydroxylation is 1. The van der Waals surface area contributed by atoms with Crippen LogP contribution in [0.5, 0.6) is 0 Å². The first kappa shape index (κ1) is 17.8. The molecule has 0 aliphatic heterocycles. The Morgan fingerprint density at radius 3 is 2.50 bits per heavy atom. The third-order valence-electron chi connectivity index (χ3n) is 4.10. The lowest BCUT2D eigenvalue weighted by atomic mass is 10.0. The molecule has 1 amide bonds. The van der Waals surface area contributed by atoms with Gasteiger partial charge in [0, 0.05) is 29.9 Å². The van der Waals surface area contributed by atoms with Crippen molar-refractivity contribution in [2.45, 2.75) is 26.9 Å². The standard InChI is InChI=1S/C18H18F2N4O2/c1-11-8-15(22-26-11)10-23(3)17(25)14-6-4-13(5-7-14)16-9-21-24(12(16)2)18(19)20/h4-9,18H,10H2,1-3H3. The van der Waals surface area contributed by atoms with Gasteiger partial charge in [0.1, 0.15) is 11.5 Å². The van der Waals surface area contributed by atoms with Crippen molar-refractivity contribution in [3.63, 3.8) is 0 Å². The molecular weight excluding hydrogens is 342 g/mol. The van der Waals surface area contributed by atoms with Crippen molar-refractivity contribution in [2.24, 2.45) is 0 Å². The van der Waals surface area contributed by atoms with Gasteiger partial charge in [0.25, 0.3) is 5.91 Å². The maximum atomic E-state index is 12.8. The summed E-state index contributed by atoms with van der Waals surface area (Å²) in [6.45, 7) is 1.02. The number of hydrogen-bond acceptors (Lipinski definition) is 4. The summed E-state index contributed by atoms with van der Waals surface area (Å²) in [6.07, 6.45) is 1.40. The van der Waals surface area contributed by atoms with E-state index >= 15 is 0 Å². The van der Waals surface area contributed by atoms with Gasteiger partial charge in [0.2, 0.25) is 0 Å². The van der Waals surface area contributed by atoms with Crippen molar-refractivity contribution in [3.8, 4) is 11.1 Å². The summed E-state index contributed by atoms with van der Waals surface area (Å²) >= 11 is 0. The van der Waals surface area contributed by atoms with Crippen LogP contribution in [0.2, 0.25) is 0 Å². The molecule has 3 rings (SSSR count). The summed E-state index contributed by atoms with van der Waals surface area (Å²) < 4.78 is 31.3. The number of nitrogens with zero attached hydrogens (tertiary/aromatic N) is 4. The number of halogens is 2. The van der Waals surface area contributed by atoms with Crippen molar-refractivity contribution in [2.75, 3.05) is 7.05 Å². The molecule has 2 aromatic heterocycles. The molecule has 0 radical (unpaired) electrons. The second kappa shape index (κ2) is 7.07. The third-order valence-corrected chi connectivity index (χ3v) is 4.10. The summed E-state index contributed by atoms with van der Waals surface area (Å²) in [7, 11) is 1.68. The molecule has 8 heteroatoms. The summed E-state index contributed by atoms with van der Waals surface area (Å²) in [5, 5.41) is 7.57. The lowest BCUT2D eigenvalue weighted by Gasteiger charge is -2.15. The van der Waals surface area contributed by atoms with Gasteiger partial charge in [0.05, 0.1) is 12.7 Å². The van der Waals surface area contributed by atoms with E-state index in [-0.39, 0.29) is 5.91 Å². The van der Waals surface area contributed by atoms with Gasteiger partial charge in [-0.25, -0.2) is 4.68 Å². The monoisotopic (exact) mass is 360 g/mol. The van der Waals surface area contributed by atoms with E-state index in [4.69, 9.17) is 4.52 Å². The molecule has 26 heavy (non-hydrogen) atoms. The summed E-state index contributed by atoms with van der Waals surface area (Å²) in [6, 6.07) is 8.56. The first-order valence-corrected chi connectivity index (χ1v) is 7.97. The second-order valence-corrected chi connectivity index (χ2v) is 6.03. The van der Waals surface area contributed by atoms with E-state index in [0.717, 1.165) is 5.56 Å². The van der Waals surface area contributed by atoms with Crippen LogP contribution in [0.25, 0.3) is 11.1 Å². The van der Waals surface area contributed by atoms with E-state index < -0.39 is 6.55 Å². The summed E-state index contributed by atoms with van der Waals surface area (Å²) in [5.41, 5.74) is 2.87. The molecular formula is C18H18F2N4O2. The summed E-state index contributed by atoms with van der Waals surface area (Å²) in [5.74, 6) is 0.516. The van der Waals surface area contributed by atoms with Crippen LogP contribution < -0.4 is 0 Å². The Kier molecular flexibility index (Phi) is 4.83. The smallest absolute Gasteiger partial charge is 0.333 e. The number of rotatable bonds is 5. The average molecular weight is 360 g/mol. The van der Waals surface area contributed by atoms with Crippen LogP contribution in [-0.4, -0.2) is 32.8 Å². The molecule has 0 aliphatic carbocycles. The van der Waals surface area contributed by atoms with Crippen molar-refractivity contribution < 1.29 is 18.1 Å². The number of benzene rings is 1. The molecule has 0 saturated heterocycles. The van der Waals surface area contributed by atoms with Crippen LogP contribution in [0.15, 0.2) is 41.1 Å². The van der Waals surface area contributed by atoms with Crippen molar-refractivity contribution in [1.82, 2.24) is 19.8 Å². The van der Waals surface area contributed by atoms with Crippen molar-refractivity contribution in [3.05, 3.63) is 59.2 Å². The Bertz CT molecular complexity index is 916. The van der Waals surface area contributed by atoms with Gasteiger partial charge in [-0.05, 0) is 31.5 Å². The molecule has 136 valence electrons. The predicted octanol–water partition coefficient (Wildman–Crippen LogP) is 3.82. The van der Waals surface area contributed by atoms with Crippen LogP contribution >= 0.6 is 0 Å². The zero-order valence-corrected chi connectivity index (χ0v) is 14.6. The van der Waals surface area contributed by atoms with Gasteiger partial charge >= 0.3 is 6.55 Å². The molecule has 0 unspecified atom stereocenters. The van der Waals surface area contributed by atoms with E-state index in [0.29, 0.717) is 39.5 Å². The predicted molar refractivity (Wildman–Crippen MR) is 90.7 cm³/mol. The number of amides is 1. The quantitative estimate of drug-likeness (QED) is 0.694. The van der Waals surface area contributed by atoms with Crippen molar-refractivity contribution >= 4 is 5.91 Å². The summed E-state index contributed by atoms with van der Waals surface area (Å²) in [4.78, 5) is 14.0. The highest BCUT2D eigenvalue weighted by Gasteiger charge is 2.17. The number of carbonyl (C=O) groups is 1. The van der Waals surface area contributed by atoms with Gasteiger partial charge < -0.3 is 9.42 Å². The van der Waals surface area contributed by atoms with Crippen molar-refractivity contribution in [1.29, 1.82) is 0 Å². The molecule has 0 atom stereocenters. The Morgan fingerprint density at radius 2 is 1.96 bits per heavy atom. The first-order chi connectivity index (χ1) is 12.4. The van der Waals surface area contributed by atoms with E-state index in [9.17, 15) is 13.6 Å². The first-order valence-electron chi connectivity index (χ1n) is 7.97. The minimum absolute atomic E-state index is 0.169. The molecule has 0 N–H and O–H groups in total. The van der Waals surface area contributed by atoms with Gasteiger partial charge in [-0.3, -0.25) is 4.79 Å². The molecule has 1 aromatic carbocycles. The highest BCUT2D eigenvalue weighted by Crippen LogP contribution is 2.26. The maximum absolute atomic E-state index is 12.8. The lowest BCUT2D eigenvalue weighted by Crippen LogP contribution is -2.26. The fourth-order valence-electron chi connectivity index (χ4n) is 2.72. The molecule has 0 spiro atoms. The third kappa shape index (κ3) is 3.49. The van der Waals surface area contributed by atoms with Gasteiger partial charge in [0.15, 0.2) is 0 Å². The topological polar surface area (TPSA) is 64.2 Å². The largest absolute Gasteiger partial charge is 0.361 e. The Hall–Kier alpha value is -3.03. The van der Waals surface area contributed by atoms with E-state index in [1.54, 1.807) is 51.2 Å². The van der Waals surface area contributed by atoms with Gasteiger partial charge in [-0.15, -0.1) is 0 Å². The fourth-order valence-corrected chi connectivity index (χ4v) is 2.72. The van der Waals surface area contributed by atoms with Crippen LogP contribution in [0.1, 0.15) is 34.1 Å². The van der Waals surface area contributed by atoms with E-state index in [1.807, 2.05) is 0 Å². The SMILES string of the molecule is Cc1cc(CN(C)C(=O)c2ccc(-c3cnn(C(F)F)c3C)cc2)no1. The number of hydrogen-bond donors (Lipinski definition) is 0. The van der Waals surface area contributed by atoms with E-state index in [1.165, 1.54) is 11.1 Å². The number of aromatic nitrogens is 3. The fraction of sp³-hybridized carbons (Fsp3) is 0.278. The Morgan fingerprint density at radius 1 is 1.27 bits per heavy atom. The molecule has 6 nitrogen and oxygen atoms in total. The maximum Gasteiger partial charge on any atom is 0.333 e. The minimum atomic E-state index is -2.68. The normalized spacial score (nSPS) is 11.2. The Balaban J connectivity index is 1.75. The van der Waals surface area contributed by atoms with Gasteiger partial charge in [-0.1, -0.05) is 17.3 Å². The van der Waals surface area contributed by atoms with E-state index in [2.05, 4.69) is 10.3 Å². The van der Waals surface area contributed by atoms with Crippen LogP contribution in [-0.2, 0) is 6.54 Å². The zero-order valence-electron chi connectivity index (χ0n) is 14.6. The average Bonchev–Trinajstić information content (AvgIpc) is 3.20. The molecule has 0 aliphatic rings. The van der Waals surface area contributed by atoms with Crippen LogP contribution in [0.3, 0.4) is 0 Å². The van der Waals surface area contributed by atoms with Crippen LogP contribution in [0.4, 0.5) is 8.78 Å². The molecule has 0 saturated carbocycles. The molecule has 0 fully saturated rings. The number of alkyl halides is 2. The molecule has 0 bridgehead atoms. The highest BCUT2D eigenvalue weighted by molar-refractivity contribution is 5.94. The highest BCUT2D eigenvalue weighted by atomic mass is 19.3. The Labute approximate surface area is 149 Å². The molecule has 2 heterocycles. The lowest BCUT2D eigenvalue weighted by molar-refractivity contribution is 0.0545. The van der Waals surface area contributed by atoms with Gasteiger partial charge in [-0.2, -0.15) is 13.9 Å². The number of carbonyl (C=O) groups excluding carboxylic acids is 1. The minimum Gasteiger partial charge on any atom is -0.361 e. The zero-order chi connectivity index (χ0) is 18.8. The molecule has 3 aromatic rings.